The van der Waals surface area contributed by atoms with Crippen molar-refractivity contribution in [1.29, 1.82) is 0 Å². The topological polar surface area (TPSA) is 57.7 Å². The summed E-state index contributed by atoms with van der Waals surface area (Å²) in [5.74, 6) is 0.932. The monoisotopic (exact) mass is 279 g/mol. The molecule has 1 aromatic carbocycles. The van der Waals surface area contributed by atoms with Gasteiger partial charge in [-0.3, -0.25) is 0 Å². The van der Waals surface area contributed by atoms with Crippen molar-refractivity contribution in [3.8, 4) is 11.3 Å². The summed E-state index contributed by atoms with van der Waals surface area (Å²) in [7, 11) is 0. The molecule has 0 spiro atoms. The number of anilines is 1. The van der Waals surface area contributed by atoms with Gasteiger partial charge in [-0.2, -0.15) is 0 Å². The average Bonchev–Trinajstić information content (AvgIpc) is 3.05. The molecule has 1 N–H and O–H groups in total. The first kappa shape index (κ1) is 12.3. The first-order valence-corrected chi connectivity index (χ1v) is 7.43. The lowest BCUT2D eigenvalue weighted by Crippen LogP contribution is -2.30. The van der Waals surface area contributed by atoms with E-state index in [9.17, 15) is 0 Å². The summed E-state index contributed by atoms with van der Waals surface area (Å²) in [4.78, 5) is 10.0. The molecule has 1 fully saturated rings. The smallest absolute Gasteiger partial charge is 0.177 e. The van der Waals surface area contributed by atoms with Crippen LogP contribution >= 0.6 is 0 Å². The molecule has 0 aliphatic carbocycles. The quantitative estimate of drug-likeness (QED) is 0.783. The molecule has 3 heterocycles. The summed E-state index contributed by atoms with van der Waals surface area (Å²) in [5.41, 5.74) is 3.78. The molecule has 0 radical (unpaired) electrons. The van der Waals surface area contributed by atoms with Crippen molar-refractivity contribution in [2.45, 2.75) is 19.3 Å². The summed E-state index contributed by atoms with van der Waals surface area (Å²) < 4.78 is 0. The highest BCUT2D eigenvalue weighted by atomic mass is 15.3. The maximum Gasteiger partial charge on any atom is 0.177 e. The minimum absolute atomic E-state index is 0.840. The van der Waals surface area contributed by atoms with Gasteiger partial charge in [0.15, 0.2) is 5.82 Å². The normalized spacial score (nSPS) is 15.5. The number of benzene rings is 1. The number of hydrogen-bond acceptors (Lipinski definition) is 4. The molecule has 0 saturated carbocycles. The predicted octanol–water partition coefficient (Wildman–Crippen LogP) is 3.01. The molecule has 0 unspecified atom stereocenters. The van der Waals surface area contributed by atoms with Crippen LogP contribution in [0.4, 0.5) is 5.82 Å². The largest absolute Gasteiger partial charge is 0.353 e. The number of aromatic nitrogens is 4. The lowest BCUT2D eigenvalue weighted by atomic mass is 10.1. The van der Waals surface area contributed by atoms with E-state index < -0.39 is 0 Å². The van der Waals surface area contributed by atoms with Crippen LogP contribution in [0.1, 0.15) is 19.3 Å². The first-order valence-electron chi connectivity index (χ1n) is 7.43. The Morgan fingerprint density at radius 2 is 1.76 bits per heavy atom. The van der Waals surface area contributed by atoms with E-state index in [1.165, 1.54) is 19.3 Å². The molecule has 5 heteroatoms. The van der Waals surface area contributed by atoms with Crippen LogP contribution in [0.5, 0.6) is 0 Å². The van der Waals surface area contributed by atoms with E-state index in [0.29, 0.717) is 0 Å². The number of aromatic amines is 1. The number of piperidine rings is 1. The highest BCUT2D eigenvalue weighted by Crippen LogP contribution is 2.29. The SMILES string of the molecule is c1ccc(-c2nnc(N3CCCCC3)c3[nH]cnc23)cc1. The Morgan fingerprint density at radius 1 is 0.952 bits per heavy atom. The average molecular weight is 279 g/mol. The molecule has 5 nitrogen and oxygen atoms in total. The number of nitrogens with zero attached hydrogens (tertiary/aromatic N) is 4. The summed E-state index contributed by atoms with van der Waals surface area (Å²) in [6.07, 6.45) is 5.47. The highest BCUT2D eigenvalue weighted by molar-refractivity contribution is 5.95. The van der Waals surface area contributed by atoms with Gasteiger partial charge in [-0.15, -0.1) is 10.2 Å². The molecule has 0 amide bonds. The highest BCUT2D eigenvalue weighted by Gasteiger charge is 2.19. The van der Waals surface area contributed by atoms with Gasteiger partial charge in [-0.1, -0.05) is 30.3 Å². The molecule has 0 atom stereocenters. The lowest BCUT2D eigenvalue weighted by Gasteiger charge is -2.27. The molecule has 1 aliphatic heterocycles. The van der Waals surface area contributed by atoms with E-state index in [0.717, 1.165) is 41.2 Å². The van der Waals surface area contributed by atoms with Crippen LogP contribution in [0, 0.1) is 0 Å². The Balaban J connectivity index is 1.84. The maximum atomic E-state index is 4.48. The van der Waals surface area contributed by atoms with Crippen LogP contribution in [0.25, 0.3) is 22.3 Å². The van der Waals surface area contributed by atoms with E-state index in [4.69, 9.17) is 0 Å². The third-order valence-corrected chi connectivity index (χ3v) is 4.03. The number of imidazole rings is 1. The fourth-order valence-corrected chi connectivity index (χ4v) is 2.96. The second-order valence-electron chi connectivity index (χ2n) is 5.41. The Morgan fingerprint density at radius 3 is 2.57 bits per heavy atom. The van der Waals surface area contributed by atoms with Gasteiger partial charge in [0.2, 0.25) is 0 Å². The molecule has 21 heavy (non-hydrogen) atoms. The van der Waals surface area contributed by atoms with Gasteiger partial charge in [0, 0.05) is 18.7 Å². The van der Waals surface area contributed by atoms with Crippen LogP contribution in [-0.4, -0.2) is 33.3 Å². The van der Waals surface area contributed by atoms with Crippen molar-refractivity contribution in [1.82, 2.24) is 20.2 Å². The van der Waals surface area contributed by atoms with Gasteiger partial charge in [0.1, 0.15) is 16.7 Å². The molecule has 3 aromatic rings. The summed E-state index contributed by atoms with van der Waals surface area (Å²) in [6, 6.07) is 10.1. The van der Waals surface area contributed by atoms with Gasteiger partial charge < -0.3 is 9.88 Å². The zero-order valence-electron chi connectivity index (χ0n) is 11.8. The molecule has 1 saturated heterocycles. The number of fused-ring (bicyclic) bond motifs is 1. The van der Waals surface area contributed by atoms with E-state index in [1.54, 1.807) is 6.33 Å². The second kappa shape index (κ2) is 5.16. The molecular formula is C16H17N5. The first-order chi connectivity index (χ1) is 10.4. The predicted molar refractivity (Wildman–Crippen MR) is 83.2 cm³/mol. The van der Waals surface area contributed by atoms with E-state index >= 15 is 0 Å². The maximum absolute atomic E-state index is 4.48. The molecular weight excluding hydrogens is 262 g/mol. The Hall–Kier alpha value is -2.43. The van der Waals surface area contributed by atoms with Crippen molar-refractivity contribution in [2.24, 2.45) is 0 Å². The molecule has 0 bridgehead atoms. The van der Waals surface area contributed by atoms with Crippen LogP contribution in [0.2, 0.25) is 0 Å². The molecule has 2 aromatic heterocycles. The molecule has 4 rings (SSSR count). The minimum Gasteiger partial charge on any atom is -0.353 e. The fraction of sp³-hybridized carbons (Fsp3) is 0.312. The Labute approximate surface area is 123 Å². The van der Waals surface area contributed by atoms with Gasteiger partial charge in [0.25, 0.3) is 0 Å². The van der Waals surface area contributed by atoms with E-state index in [2.05, 4.69) is 25.1 Å². The van der Waals surface area contributed by atoms with E-state index in [1.807, 2.05) is 30.3 Å². The Kier molecular flexibility index (Phi) is 3.03. The zero-order valence-corrected chi connectivity index (χ0v) is 11.8. The third-order valence-electron chi connectivity index (χ3n) is 4.03. The van der Waals surface area contributed by atoms with Crippen molar-refractivity contribution in [3.63, 3.8) is 0 Å². The number of H-pyrrole nitrogens is 1. The van der Waals surface area contributed by atoms with Crippen molar-refractivity contribution >= 4 is 16.9 Å². The van der Waals surface area contributed by atoms with Crippen molar-refractivity contribution in [2.75, 3.05) is 18.0 Å². The van der Waals surface area contributed by atoms with Crippen LogP contribution in [0.15, 0.2) is 36.7 Å². The summed E-state index contributed by atoms with van der Waals surface area (Å²) in [5, 5.41) is 8.93. The number of rotatable bonds is 2. The molecule has 106 valence electrons. The van der Waals surface area contributed by atoms with Gasteiger partial charge >= 0.3 is 0 Å². The summed E-state index contributed by atoms with van der Waals surface area (Å²) >= 11 is 0. The lowest BCUT2D eigenvalue weighted by molar-refractivity contribution is 0.572. The van der Waals surface area contributed by atoms with Gasteiger partial charge in [-0.25, -0.2) is 4.98 Å². The van der Waals surface area contributed by atoms with Crippen LogP contribution in [0.3, 0.4) is 0 Å². The standard InChI is InChI=1S/C16H17N5/c1-3-7-12(8-4-1)13-14-15(18-11-17-14)16(20-19-13)21-9-5-2-6-10-21/h1,3-4,7-8,11H,2,5-6,9-10H2,(H,17,18). The second-order valence-corrected chi connectivity index (χ2v) is 5.41. The third kappa shape index (κ3) is 2.14. The van der Waals surface area contributed by atoms with Crippen molar-refractivity contribution in [3.05, 3.63) is 36.7 Å². The minimum atomic E-state index is 0.840. The molecule has 1 aliphatic rings. The van der Waals surface area contributed by atoms with Crippen LogP contribution in [-0.2, 0) is 0 Å². The fourth-order valence-electron chi connectivity index (χ4n) is 2.96. The van der Waals surface area contributed by atoms with Gasteiger partial charge in [0.05, 0.1) is 6.33 Å². The van der Waals surface area contributed by atoms with Crippen molar-refractivity contribution < 1.29 is 0 Å². The number of nitrogens with one attached hydrogen (secondary N) is 1. The van der Waals surface area contributed by atoms with Gasteiger partial charge in [-0.05, 0) is 19.3 Å². The Bertz CT molecular complexity index is 744. The van der Waals surface area contributed by atoms with Crippen LogP contribution < -0.4 is 4.90 Å². The zero-order chi connectivity index (χ0) is 14.1. The number of hydrogen-bond donors (Lipinski definition) is 1. The van der Waals surface area contributed by atoms with E-state index in [-0.39, 0.29) is 0 Å². The summed E-state index contributed by atoms with van der Waals surface area (Å²) in [6.45, 7) is 2.10.